The highest BCUT2D eigenvalue weighted by molar-refractivity contribution is 7.89. The van der Waals surface area contributed by atoms with Crippen molar-refractivity contribution >= 4 is 31.0 Å². The molecule has 2 N–H and O–H groups in total. The van der Waals surface area contributed by atoms with Crippen molar-refractivity contribution in [3.63, 3.8) is 0 Å². The van der Waals surface area contributed by atoms with Crippen molar-refractivity contribution in [3.05, 3.63) is 35.9 Å². The van der Waals surface area contributed by atoms with E-state index in [0.717, 1.165) is 32.1 Å². The minimum atomic E-state index is -4.85. The number of hydrogen-bond acceptors (Lipinski definition) is 4. The van der Waals surface area contributed by atoms with E-state index in [2.05, 4.69) is 6.92 Å². The third kappa shape index (κ3) is 5.03. The van der Waals surface area contributed by atoms with Crippen LogP contribution in [0.25, 0.3) is 10.8 Å². The molecule has 0 saturated heterocycles. The van der Waals surface area contributed by atoms with Gasteiger partial charge in [0.15, 0.2) is 0 Å². The SMILES string of the molecule is CCCCCCCCc1cc2ccccc2c(S(=O)(=O)O)c1S(=O)(=O)O. The fourth-order valence-corrected chi connectivity index (χ4v) is 5.47. The molecule has 0 atom stereocenters. The average molecular weight is 401 g/mol. The van der Waals surface area contributed by atoms with E-state index in [4.69, 9.17) is 0 Å². The van der Waals surface area contributed by atoms with Crippen LogP contribution in [0.15, 0.2) is 40.1 Å². The Kier molecular flexibility index (Phi) is 6.79. The number of hydrogen-bond donors (Lipinski definition) is 2. The summed E-state index contributed by atoms with van der Waals surface area (Å²) in [5, 5.41) is 0.558. The minimum Gasteiger partial charge on any atom is -0.282 e. The largest absolute Gasteiger partial charge is 0.296 e. The predicted molar refractivity (Wildman–Crippen MR) is 101 cm³/mol. The molecule has 0 heterocycles. The Bertz CT molecular complexity index is 978. The highest BCUT2D eigenvalue weighted by Crippen LogP contribution is 2.34. The van der Waals surface area contributed by atoms with Gasteiger partial charge in [-0.25, -0.2) is 0 Å². The normalized spacial score (nSPS) is 12.6. The third-order valence-electron chi connectivity index (χ3n) is 4.35. The molecule has 26 heavy (non-hydrogen) atoms. The molecule has 0 spiro atoms. The highest BCUT2D eigenvalue weighted by Gasteiger charge is 2.29. The van der Waals surface area contributed by atoms with E-state index in [1.165, 1.54) is 12.1 Å². The van der Waals surface area contributed by atoms with Crippen molar-refractivity contribution in [3.8, 4) is 0 Å². The molecule has 8 heteroatoms. The molecule has 0 radical (unpaired) electrons. The fourth-order valence-electron chi connectivity index (χ4n) is 3.17. The van der Waals surface area contributed by atoms with E-state index in [1.807, 2.05) is 0 Å². The van der Waals surface area contributed by atoms with Crippen molar-refractivity contribution in [2.24, 2.45) is 0 Å². The van der Waals surface area contributed by atoms with Crippen LogP contribution in [0.5, 0.6) is 0 Å². The summed E-state index contributed by atoms with van der Waals surface area (Å²) in [5.74, 6) is 0. The van der Waals surface area contributed by atoms with Gasteiger partial charge in [-0.1, -0.05) is 63.3 Å². The maximum Gasteiger partial charge on any atom is 0.296 e. The first-order chi connectivity index (χ1) is 12.2. The number of rotatable bonds is 9. The van der Waals surface area contributed by atoms with E-state index in [0.29, 0.717) is 18.2 Å². The molecular formula is C18H24O6S2. The van der Waals surface area contributed by atoms with Crippen LogP contribution in [0, 0.1) is 0 Å². The smallest absolute Gasteiger partial charge is 0.282 e. The monoisotopic (exact) mass is 400 g/mol. The van der Waals surface area contributed by atoms with Crippen LogP contribution in [0.1, 0.15) is 51.0 Å². The van der Waals surface area contributed by atoms with Gasteiger partial charge in [0.2, 0.25) is 0 Å². The predicted octanol–water partition coefficient (Wildman–Crippen LogP) is 4.24. The van der Waals surface area contributed by atoms with Crippen molar-refractivity contribution in [1.82, 2.24) is 0 Å². The third-order valence-corrected chi connectivity index (χ3v) is 6.40. The lowest BCUT2D eigenvalue weighted by Crippen LogP contribution is -2.12. The van der Waals surface area contributed by atoms with E-state index in [1.54, 1.807) is 18.2 Å². The molecule has 0 aliphatic carbocycles. The molecule has 0 fully saturated rings. The van der Waals surface area contributed by atoms with Gasteiger partial charge in [-0.15, -0.1) is 0 Å². The summed E-state index contributed by atoms with van der Waals surface area (Å²) in [6, 6.07) is 7.85. The maximum absolute atomic E-state index is 11.9. The molecule has 0 amide bonds. The average Bonchev–Trinajstić information content (AvgIpc) is 2.54. The lowest BCUT2D eigenvalue weighted by atomic mass is 10.0. The van der Waals surface area contributed by atoms with E-state index >= 15 is 0 Å². The topological polar surface area (TPSA) is 109 Å². The summed E-state index contributed by atoms with van der Waals surface area (Å²) in [7, 11) is -9.68. The maximum atomic E-state index is 11.9. The van der Waals surface area contributed by atoms with Crippen LogP contribution in [0.3, 0.4) is 0 Å². The zero-order valence-corrected chi connectivity index (χ0v) is 16.3. The Morgan fingerprint density at radius 1 is 0.808 bits per heavy atom. The molecule has 2 aromatic rings. The Morgan fingerprint density at radius 2 is 1.38 bits per heavy atom. The molecule has 144 valence electrons. The number of fused-ring (bicyclic) bond motifs is 1. The van der Waals surface area contributed by atoms with E-state index < -0.39 is 30.0 Å². The molecule has 0 unspecified atom stereocenters. The first-order valence-electron chi connectivity index (χ1n) is 8.66. The van der Waals surface area contributed by atoms with Gasteiger partial charge < -0.3 is 0 Å². The standard InChI is InChI=1S/C18H24O6S2/c1-2-3-4-5-6-7-11-15-13-14-10-8-9-12-16(14)18(26(22,23)24)17(15)25(19,20)21/h8-10,12-13H,2-7,11H2,1H3,(H,19,20,21)(H,22,23,24). The van der Waals surface area contributed by atoms with Gasteiger partial charge in [0.25, 0.3) is 20.2 Å². The lowest BCUT2D eigenvalue weighted by Gasteiger charge is -2.14. The Balaban J connectivity index is 2.52. The lowest BCUT2D eigenvalue weighted by molar-refractivity contribution is 0.466. The number of aryl methyl sites for hydroxylation is 1. The van der Waals surface area contributed by atoms with Crippen LogP contribution in [-0.2, 0) is 26.7 Å². The van der Waals surface area contributed by atoms with Crippen LogP contribution in [0.4, 0.5) is 0 Å². The summed E-state index contributed by atoms with van der Waals surface area (Å²) >= 11 is 0. The molecule has 0 saturated carbocycles. The van der Waals surface area contributed by atoms with Gasteiger partial charge in [-0.05, 0) is 29.9 Å². The van der Waals surface area contributed by atoms with Crippen molar-refractivity contribution in [1.29, 1.82) is 0 Å². The quantitative estimate of drug-likeness (QED) is 0.481. The molecule has 0 aliphatic heterocycles. The second-order valence-corrected chi connectivity index (χ2v) is 9.10. The molecule has 2 aromatic carbocycles. The van der Waals surface area contributed by atoms with Gasteiger partial charge in [0, 0.05) is 5.39 Å². The first-order valence-corrected chi connectivity index (χ1v) is 11.5. The minimum absolute atomic E-state index is 0.0642. The Hall–Kier alpha value is -1.48. The van der Waals surface area contributed by atoms with Crippen LogP contribution >= 0.6 is 0 Å². The van der Waals surface area contributed by atoms with Crippen LogP contribution in [0.2, 0.25) is 0 Å². The fraction of sp³-hybridized carbons (Fsp3) is 0.444. The molecule has 2 rings (SSSR count). The zero-order valence-electron chi connectivity index (χ0n) is 14.7. The van der Waals surface area contributed by atoms with Gasteiger partial charge in [-0.2, -0.15) is 16.8 Å². The van der Waals surface area contributed by atoms with Crippen molar-refractivity contribution in [2.45, 2.75) is 61.7 Å². The number of unbranched alkanes of at least 4 members (excludes halogenated alkanes) is 5. The highest BCUT2D eigenvalue weighted by atomic mass is 32.2. The van der Waals surface area contributed by atoms with Gasteiger partial charge in [0.05, 0.1) is 0 Å². The summed E-state index contributed by atoms with van der Waals surface area (Å²) in [6.07, 6.45) is 6.20. The summed E-state index contributed by atoms with van der Waals surface area (Å²) in [6.45, 7) is 2.12. The van der Waals surface area contributed by atoms with Crippen molar-refractivity contribution < 1.29 is 25.9 Å². The summed E-state index contributed by atoms with van der Waals surface area (Å²) < 4.78 is 66.9. The summed E-state index contributed by atoms with van der Waals surface area (Å²) in [5.41, 5.74) is 0.203. The van der Waals surface area contributed by atoms with E-state index in [-0.39, 0.29) is 10.9 Å². The molecule has 6 nitrogen and oxygen atoms in total. The Morgan fingerprint density at radius 3 is 2.00 bits per heavy atom. The zero-order chi connectivity index (χ0) is 19.4. The van der Waals surface area contributed by atoms with Gasteiger partial charge in [0.1, 0.15) is 9.79 Å². The van der Waals surface area contributed by atoms with Crippen LogP contribution < -0.4 is 0 Å². The van der Waals surface area contributed by atoms with E-state index in [9.17, 15) is 25.9 Å². The molecule has 0 bridgehead atoms. The van der Waals surface area contributed by atoms with Gasteiger partial charge >= 0.3 is 0 Å². The number of benzene rings is 2. The second-order valence-electron chi connectivity index (χ2n) is 6.38. The molecule has 0 aliphatic rings. The van der Waals surface area contributed by atoms with Crippen LogP contribution in [-0.4, -0.2) is 25.9 Å². The second kappa shape index (κ2) is 8.47. The van der Waals surface area contributed by atoms with Gasteiger partial charge in [-0.3, -0.25) is 9.11 Å². The van der Waals surface area contributed by atoms with Crippen molar-refractivity contribution in [2.75, 3.05) is 0 Å². The molecular weight excluding hydrogens is 376 g/mol. The summed E-state index contributed by atoms with van der Waals surface area (Å²) in [4.78, 5) is -1.47. The molecule has 0 aromatic heterocycles. The Labute approximate surface area is 154 Å². The first kappa shape index (κ1) is 20.8.